The Hall–Kier alpha value is -1.94. The standard InChI is InChI=1S/C26H39NO2S/c1-7-8-11-14-20(2)22(4)24-17-16-23(26(28)29-5)19-25(24)27-18-13-10-9-12-15-21(3)30-6/h9-10,12,15-17,19-20,22,27H,3,7-8,11,13-14,18H2,1-2,4-6H3/b10-9-,15-12-. The first kappa shape index (κ1) is 26.1. The van der Waals surface area contributed by atoms with Gasteiger partial charge in [0.15, 0.2) is 0 Å². The molecule has 1 aromatic carbocycles. The molecule has 0 fully saturated rings. The summed E-state index contributed by atoms with van der Waals surface area (Å²) < 4.78 is 4.91. The van der Waals surface area contributed by atoms with E-state index in [1.165, 1.54) is 38.4 Å². The van der Waals surface area contributed by atoms with E-state index in [9.17, 15) is 4.79 Å². The number of rotatable bonds is 14. The van der Waals surface area contributed by atoms with Crippen LogP contribution in [-0.4, -0.2) is 25.9 Å². The van der Waals surface area contributed by atoms with Crippen LogP contribution in [0.25, 0.3) is 0 Å². The Labute approximate surface area is 188 Å². The van der Waals surface area contributed by atoms with Gasteiger partial charge in [-0.3, -0.25) is 0 Å². The van der Waals surface area contributed by atoms with Crippen molar-refractivity contribution in [2.45, 2.75) is 58.8 Å². The van der Waals surface area contributed by atoms with Crippen molar-refractivity contribution >= 4 is 23.4 Å². The highest BCUT2D eigenvalue weighted by Crippen LogP contribution is 2.33. The number of anilines is 1. The number of allylic oxidation sites excluding steroid dienone is 3. The average molecular weight is 430 g/mol. The van der Waals surface area contributed by atoms with Crippen molar-refractivity contribution < 1.29 is 9.53 Å². The zero-order chi connectivity index (χ0) is 22.4. The fourth-order valence-electron chi connectivity index (χ4n) is 3.32. The molecular weight excluding hydrogens is 390 g/mol. The number of nitrogens with one attached hydrogen (secondary N) is 1. The molecule has 1 N–H and O–H groups in total. The first-order valence-electron chi connectivity index (χ1n) is 11.0. The SMILES string of the molecule is C=C(/C=C\C=C/CCNc1cc(C(=O)OC)ccc1C(C)C(C)CCCCC)SC. The van der Waals surface area contributed by atoms with E-state index in [1.807, 2.05) is 36.6 Å². The highest BCUT2D eigenvalue weighted by molar-refractivity contribution is 8.02. The summed E-state index contributed by atoms with van der Waals surface area (Å²) in [5.41, 5.74) is 2.89. The topological polar surface area (TPSA) is 38.3 Å². The van der Waals surface area contributed by atoms with E-state index in [2.05, 4.69) is 44.8 Å². The molecule has 0 aliphatic heterocycles. The molecule has 2 unspecified atom stereocenters. The van der Waals surface area contributed by atoms with Gasteiger partial charge in [-0.1, -0.05) is 77.3 Å². The van der Waals surface area contributed by atoms with Crippen molar-refractivity contribution in [2.24, 2.45) is 5.92 Å². The number of esters is 1. The smallest absolute Gasteiger partial charge is 0.337 e. The Bertz CT molecular complexity index is 724. The second kappa shape index (κ2) is 15.0. The molecule has 0 saturated heterocycles. The number of hydrogen-bond donors (Lipinski definition) is 1. The largest absolute Gasteiger partial charge is 0.465 e. The Morgan fingerprint density at radius 3 is 2.70 bits per heavy atom. The summed E-state index contributed by atoms with van der Waals surface area (Å²) in [5.74, 6) is 0.718. The number of ether oxygens (including phenoxy) is 1. The predicted molar refractivity (Wildman–Crippen MR) is 134 cm³/mol. The minimum absolute atomic E-state index is 0.299. The highest BCUT2D eigenvalue weighted by Gasteiger charge is 2.19. The van der Waals surface area contributed by atoms with Gasteiger partial charge in [0.25, 0.3) is 0 Å². The van der Waals surface area contributed by atoms with E-state index in [-0.39, 0.29) is 5.97 Å². The van der Waals surface area contributed by atoms with Gasteiger partial charge >= 0.3 is 5.97 Å². The van der Waals surface area contributed by atoms with Crippen LogP contribution in [0.3, 0.4) is 0 Å². The molecule has 0 aliphatic carbocycles. The lowest BCUT2D eigenvalue weighted by Crippen LogP contribution is -2.12. The number of hydrogen-bond acceptors (Lipinski definition) is 4. The number of carbonyl (C=O) groups is 1. The van der Waals surface area contributed by atoms with E-state index < -0.39 is 0 Å². The van der Waals surface area contributed by atoms with Crippen molar-refractivity contribution in [3.8, 4) is 0 Å². The molecule has 0 aliphatic rings. The van der Waals surface area contributed by atoms with Crippen molar-refractivity contribution in [2.75, 3.05) is 25.2 Å². The summed E-state index contributed by atoms with van der Waals surface area (Å²) in [5, 5.41) is 3.54. The first-order valence-corrected chi connectivity index (χ1v) is 12.2. The van der Waals surface area contributed by atoms with Gasteiger partial charge in [0.2, 0.25) is 0 Å². The number of benzene rings is 1. The van der Waals surface area contributed by atoms with Crippen LogP contribution < -0.4 is 5.32 Å². The predicted octanol–water partition coefficient (Wildman–Crippen LogP) is 7.58. The molecule has 0 heterocycles. The molecule has 30 heavy (non-hydrogen) atoms. The maximum absolute atomic E-state index is 12.0. The monoisotopic (exact) mass is 429 g/mol. The molecule has 0 radical (unpaired) electrons. The molecule has 0 spiro atoms. The van der Waals surface area contributed by atoms with Crippen molar-refractivity contribution in [1.82, 2.24) is 0 Å². The third-order valence-corrected chi connectivity index (χ3v) is 6.16. The van der Waals surface area contributed by atoms with Crippen LogP contribution in [0, 0.1) is 5.92 Å². The first-order chi connectivity index (χ1) is 14.4. The lowest BCUT2D eigenvalue weighted by molar-refractivity contribution is 0.0600. The average Bonchev–Trinajstić information content (AvgIpc) is 2.77. The van der Waals surface area contributed by atoms with Crippen LogP contribution >= 0.6 is 11.8 Å². The minimum atomic E-state index is -0.299. The summed E-state index contributed by atoms with van der Waals surface area (Å²) in [4.78, 5) is 13.1. The zero-order valence-electron chi connectivity index (χ0n) is 19.4. The number of carbonyl (C=O) groups excluding carboxylic acids is 1. The Balaban J connectivity index is 2.83. The lowest BCUT2D eigenvalue weighted by atomic mass is 9.84. The molecule has 1 rings (SSSR count). The van der Waals surface area contributed by atoms with E-state index >= 15 is 0 Å². The third kappa shape index (κ3) is 9.25. The Morgan fingerprint density at radius 2 is 2.03 bits per heavy atom. The van der Waals surface area contributed by atoms with Gasteiger partial charge in [0.05, 0.1) is 12.7 Å². The van der Waals surface area contributed by atoms with E-state index in [0.29, 0.717) is 17.4 Å². The normalized spacial score (nSPS) is 13.5. The summed E-state index contributed by atoms with van der Waals surface area (Å²) in [6, 6.07) is 5.90. The Kier molecular flexibility index (Phi) is 13.0. The lowest BCUT2D eigenvalue weighted by Gasteiger charge is -2.24. The fourth-order valence-corrected chi connectivity index (χ4v) is 3.53. The molecule has 166 valence electrons. The van der Waals surface area contributed by atoms with E-state index in [4.69, 9.17) is 4.74 Å². The van der Waals surface area contributed by atoms with Crippen LogP contribution in [0.2, 0.25) is 0 Å². The van der Waals surface area contributed by atoms with Crippen LogP contribution in [0.5, 0.6) is 0 Å². The van der Waals surface area contributed by atoms with Crippen LogP contribution in [0.4, 0.5) is 5.69 Å². The van der Waals surface area contributed by atoms with E-state index in [0.717, 1.165) is 23.6 Å². The molecule has 3 nitrogen and oxygen atoms in total. The van der Waals surface area contributed by atoms with Crippen molar-refractivity contribution in [3.63, 3.8) is 0 Å². The van der Waals surface area contributed by atoms with Gasteiger partial charge in [-0.25, -0.2) is 4.79 Å². The summed E-state index contributed by atoms with van der Waals surface area (Å²) in [6.45, 7) is 11.6. The summed E-state index contributed by atoms with van der Waals surface area (Å²) in [6.07, 6.45) is 16.2. The van der Waals surface area contributed by atoms with Crippen LogP contribution in [0.15, 0.2) is 54.0 Å². The van der Waals surface area contributed by atoms with Gasteiger partial charge in [-0.2, -0.15) is 0 Å². The Morgan fingerprint density at radius 1 is 1.27 bits per heavy atom. The maximum atomic E-state index is 12.0. The third-order valence-electron chi connectivity index (χ3n) is 5.50. The van der Waals surface area contributed by atoms with Gasteiger partial charge in [-0.05, 0) is 53.2 Å². The van der Waals surface area contributed by atoms with Crippen molar-refractivity contribution in [1.29, 1.82) is 0 Å². The summed E-state index contributed by atoms with van der Waals surface area (Å²) in [7, 11) is 1.42. The van der Waals surface area contributed by atoms with Crippen LogP contribution in [-0.2, 0) is 4.74 Å². The van der Waals surface area contributed by atoms with E-state index in [1.54, 1.807) is 11.8 Å². The van der Waals surface area contributed by atoms with Gasteiger partial charge in [-0.15, -0.1) is 11.8 Å². The fraction of sp³-hybridized carbons (Fsp3) is 0.500. The molecule has 0 saturated carbocycles. The second-order valence-corrected chi connectivity index (χ2v) is 8.66. The highest BCUT2D eigenvalue weighted by atomic mass is 32.2. The van der Waals surface area contributed by atoms with Crippen LogP contribution in [0.1, 0.15) is 74.7 Å². The number of methoxy groups -OCH3 is 1. The molecule has 0 amide bonds. The molecule has 2 atom stereocenters. The molecule has 0 bridgehead atoms. The quantitative estimate of drug-likeness (QED) is 0.188. The zero-order valence-corrected chi connectivity index (χ0v) is 20.2. The second-order valence-electron chi connectivity index (χ2n) is 7.73. The van der Waals surface area contributed by atoms with Crippen molar-refractivity contribution in [3.05, 3.63) is 65.1 Å². The number of thioether (sulfide) groups is 1. The minimum Gasteiger partial charge on any atom is -0.465 e. The molecule has 4 heteroatoms. The molecule has 1 aromatic rings. The molecular formula is C26H39NO2S. The summed E-state index contributed by atoms with van der Waals surface area (Å²) >= 11 is 1.64. The number of unbranched alkanes of at least 4 members (excludes halogenated alkanes) is 2. The van der Waals surface area contributed by atoms with Gasteiger partial charge in [0, 0.05) is 12.2 Å². The van der Waals surface area contributed by atoms with Gasteiger partial charge < -0.3 is 10.1 Å². The maximum Gasteiger partial charge on any atom is 0.337 e. The van der Waals surface area contributed by atoms with Gasteiger partial charge in [0.1, 0.15) is 0 Å². The molecule has 0 aromatic heterocycles.